The third kappa shape index (κ3) is 8.82. The number of hydrogen-bond donors (Lipinski definition) is 0. The number of hydrogen-bond acceptors (Lipinski definition) is 2. The van der Waals surface area contributed by atoms with Gasteiger partial charge in [-0.25, -0.2) is 4.39 Å². The van der Waals surface area contributed by atoms with E-state index in [0.29, 0.717) is 0 Å². The van der Waals surface area contributed by atoms with Gasteiger partial charge in [0.2, 0.25) is 0 Å². The van der Waals surface area contributed by atoms with E-state index in [1.807, 2.05) is 0 Å². The first kappa shape index (κ1) is 9.82. The third-order valence-electron chi connectivity index (χ3n) is 0.109. The molecule has 0 amide bonds. The molecule has 0 aromatic carbocycles. The van der Waals surface area contributed by atoms with E-state index in [-0.39, 0.29) is 37.7 Å². The maximum Gasteiger partial charge on any atom is 2.00 e. The van der Waals surface area contributed by atoms with Gasteiger partial charge >= 0.3 is 37.7 Å². The Morgan fingerprint density at radius 2 is 2.00 bits per heavy atom. The molecule has 0 aliphatic heterocycles. The summed E-state index contributed by atoms with van der Waals surface area (Å²) in [6.45, 7) is -1.39. The molecule has 0 N–H and O–H groups in total. The van der Waals surface area contributed by atoms with Crippen LogP contribution >= 0.6 is 0 Å². The normalized spacial score (nSPS) is 6.17. The average Bonchev–Trinajstić information content (AvgIpc) is 1.38. The molecule has 0 aliphatic rings. The van der Waals surface area contributed by atoms with Crippen LogP contribution in [0.1, 0.15) is 0 Å². The molecule has 0 aromatic heterocycles. The Hall–Kier alpha value is 0.660. The van der Waals surface area contributed by atoms with Crippen LogP contribution in [0.5, 0.6) is 0 Å². The van der Waals surface area contributed by atoms with Crippen molar-refractivity contribution in [3.8, 4) is 0 Å². The molecular weight excluding hydrogens is 115 g/mol. The molecule has 0 bridgehead atoms. The molecule has 0 aromatic rings. The molecule has 6 heavy (non-hydrogen) atoms. The van der Waals surface area contributed by atoms with E-state index < -0.39 is 12.6 Å². The van der Waals surface area contributed by atoms with Gasteiger partial charge in [0.1, 0.15) is 6.67 Å². The topological polar surface area (TPSA) is 40.1 Å². The molecule has 0 saturated carbocycles. The number of rotatable bonds is 1. The van der Waals surface area contributed by atoms with E-state index >= 15 is 0 Å². The fourth-order valence-electron chi connectivity index (χ4n) is 0. The zero-order chi connectivity index (χ0) is 4.28. The van der Waals surface area contributed by atoms with Crippen LogP contribution in [0.3, 0.4) is 0 Å². The van der Waals surface area contributed by atoms with Crippen LogP contribution in [0.25, 0.3) is 0 Å². The number of alkyl halides is 1. The molecule has 0 rings (SSSR count). The smallest absolute Gasteiger partial charge is 0.547 e. The second-order valence-electron chi connectivity index (χ2n) is 0.506. The summed E-state index contributed by atoms with van der Waals surface area (Å²) < 4.78 is 10.5. The van der Waals surface area contributed by atoms with Crippen LogP contribution in [0, 0.1) is 0 Å². The van der Waals surface area contributed by atoms with Gasteiger partial charge in [-0.05, 0) is 0 Å². The monoisotopic (exact) mass is 117 g/mol. The summed E-state index contributed by atoms with van der Waals surface area (Å²) in [6.07, 6.45) is 0. The Labute approximate surface area is 64.3 Å². The molecule has 0 heterocycles. The van der Waals surface area contributed by atoms with Crippen LogP contribution in [0.2, 0.25) is 0 Å². The summed E-state index contributed by atoms with van der Waals surface area (Å²) in [5.74, 6) is -1.66. The number of halogens is 1. The van der Waals surface area contributed by atoms with Crippen molar-refractivity contribution >= 4 is 43.7 Å². The van der Waals surface area contributed by atoms with Crippen molar-refractivity contribution in [2.75, 3.05) is 6.67 Å². The summed E-state index contributed by atoms with van der Waals surface area (Å²) in [5, 5.41) is 8.88. The van der Waals surface area contributed by atoms with Gasteiger partial charge in [0.25, 0.3) is 0 Å². The van der Waals surface area contributed by atoms with Crippen molar-refractivity contribution in [1.29, 1.82) is 0 Å². The van der Waals surface area contributed by atoms with Gasteiger partial charge in [0.15, 0.2) is 0 Å². The molecule has 0 saturated heterocycles. The van der Waals surface area contributed by atoms with Gasteiger partial charge in [-0.15, -0.1) is 0 Å². The Kier molecular flexibility index (Phi) is 9.27. The summed E-state index contributed by atoms with van der Waals surface area (Å²) in [4.78, 5) is 8.88. The van der Waals surface area contributed by atoms with Crippen LogP contribution < -0.4 is 5.11 Å². The quantitative estimate of drug-likeness (QED) is 0.385. The van der Waals surface area contributed by atoms with Crippen molar-refractivity contribution in [1.82, 2.24) is 0 Å². The number of aliphatic carboxylic acids is 1. The van der Waals surface area contributed by atoms with E-state index in [1.165, 1.54) is 0 Å². The fourth-order valence-corrected chi connectivity index (χ4v) is 0. The first-order valence-corrected chi connectivity index (χ1v) is 1.03. The zero-order valence-corrected chi connectivity index (χ0v) is 5.32. The predicted octanol–water partition coefficient (Wildman–Crippen LogP) is -1.68. The SMILES string of the molecule is O=C([O-])CF.[Ca+2]. The standard InChI is InChI=1S/C2H3FO2.Ca/c3-1-2(4)5;/h1H2,(H,4,5);/q;+2/p-1. The van der Waals surface area contributed by atoms with Gasteiger partial charge in [-0.2, -0.15) is 0 Å². The third-order valence-corrected chi connectivity index (χ3v) is 0.109. The maximum absolute atomic E-state index is 10.5. The minimum Gasteiger partial charge on any atom is -0.547 e. The Morgan fingerprint density at radius 3 is 2.00 bits per heavy atom. The Balaban J connectivity index is 0. The van der Waals surface area contributed by atoms with Crippen molar-refractivity contribution in [3.05, 3.63) is 0 Å². The minimum absolute atomic E-state index is 0. The summed E-state index contributed by atoms with van der Waals surface area (Å²) in [6, 6.07) is 0. The van der Waals surface area contributed by atoms with E-state index in [4.69, 9.17) is 9.90 Å². The van der Waals surface area contributed by atoms with Gasteiger partial charge in [-0.1, -0.05) is 0 Å². The van der Waals surface area contributed by atoms with Crippen LogP contribution in [-0.4, -0.2) is 50.4 Å². The van der Waals surface area contributed by atoms with Gasteiger partial charge in [0, 0.05) is 0 Å². The molecular formula is C2H2CaFO2+. The van der Waals surface area contributed by atoms with Crippen molar-refractivity contribution in [2.45, 2.75) is 0 Å². The molecule has 0 atom stereocenters. The molecule has 4 heteroatoms. The zero-order valence-electron chi connectivity index (χ0n) is 3.11. The van der Waals surface area contributed by atoms with E-state index in [2.05, 4.69) is 0 Å². The minimum atomic E-state index is -1.66. The van der Waals surface area contributed by atoms with Crippen molar-refractivity contribution in [2.24, 2.45) is 0 Å². The molecule has 0 fully saturated rings. The average molecular weight is 117 g/mol. The maximum atomic E-state index is 10.5. The van der Waals surface area contributed by atoms with Gasteiger partial charge < -0.3 is 9.90 Å². The molecule has 0 aliphatic carbocycles. The second kappa shape index (κ2) is 5.66. The number of carboxylic acid groups (broad SMARTS) is 1. The van der Waals surface area contributed by atoms with E-state index in [0.717, 1.165) is 0 Å². The first-order chi connectivity index (χ1) is 2.27. The van der Waals surface area contributed by atoms with E-state index in [1.54, 1.807) is 0 Å². The van der Waals surface area contributed by atoms with Gasteiger partial charge in [-0.3, -0.25) is 0 Å². The van der Waals surface area contributed by atoms with E-state index in [9.17, 15) is 4.39 Å². The molecule has 0 unspecified atom stereocenters. The van der Waals surface area contributed by atoms with Crippen LogP contribution in [-0.2, 0) is 4.79 Å². The van der Waals surface area contributed by atoms with Crippen LogP contribution in [0.15, 0.2) is 0 Å². The first-order valence-electron chi connectivity index (χ1n) is 1.03. The summed E-state index contributed by atoms with van der Waals surface area (Å²) in [7, 11) is 0. The fraction of sp³-hybridized carbons (Fsp3) is 0.500. The second-order valence-corrected chi connectivity index (χ2v) is 0.506. The summed E-state index contributed by atoms with van der Waals surface area (Å²) in [5.41, 5.74) is 0. The molecule has 2 nitrogen and oxygen atoms in total. The van der Waals surface area contributed by atoms with Crippen LogP contribution in [0.4, 0.5) is 4.39 Å². The molecule has 0 radical (unpaired) electrons. The Bertz CT molecular complexity index is 46.8. The number of carbonyl (C=O) groups is 1. The number of carbonyl (C=O) groups excluding carboxylic acids is 1. The predicted molar refractivity (Wildman–Crippen MR) is 16.7 cm³/mol. The van der Waals surface area contributed by atoms with Crippen molar-refractivity contribution < 1.29 is 14.3 Å². The van der Waals surface area contributed by atoms with Gasteiger partial charge in [0.05, 0.1) is 5.97 Å². The molecule has 30 valence electrons. The summed E-state index contributed by atoms with van der Waals surface area (Å²) >= 11 is 0. The van der Waals surface area contributed by atoms with Crippen molar-refractivity contribution in [3.63, 3.8) is 0 Å². The number of carboxylic acids is 1. The molecule has 0 spiro atoms. The largest absolute Gasteiger partial charge is 2.00 e. The Morgan fingerprint density at radius 1 is 1.83 bits per heavy atom.